The Hall–Kier alpha value is -3.54. The van der Waals surface area contributed by atoms with Crippen LogP contribution in [0, 0.1) is 25.5 Å². The Morgan fingerprint density at radius 2 is 1.62 bits per heavy atom. The Kier molecular flexibility index (Phi) is 7.36. The Labute approximate surface area is 200 Å². The number of nitrogens with one attached hydrogen (secondary N) is 1. The standard InChI is InChI=1S/C28H30F2N4/c1-19-8-6-9-20(2)26(19)27(31-24-15-13-22(29)14-16-24)33-28(34-17-5-4-10-21(34)3)32-25-12-7-11-23(30)18-25/h6-9,11-16,18,21H,4-5,10,17H2,1-3H3,(H,31,32,33). The Morgan fingerprint density at radius 3 is 2.29 bits per heavy atom. The maximum atomic E-state index is 13.9. The van der Waals surface area contributed by atoms with Crippen molar-refractivity contribution in [2.75, 3.05) is 11.9 Å². The number of aliphatic imine (C=N–C) groups is 2. The van der Waals surface area contributed by atoms with E-state index >= 15 is 0 Å². The summed E-state index contributed by atoms with van der Waals surface area (Å²) in [4.78, 5) is 12.0. The molecule has 0 aliphatic carbocycles. The van der Waals surface area contributed by atoms with Crippen LogP contribution in [0.15, 0.2) is 76.7 Å². The molecule has 1 N–H and O–H groups in total. The van der Waals surface area contributed by atoms with Crippen molar-refractivity contribution in [1.29, 1.82) is 0 Å². The summed E-state index contributed by atoms with van der Waals surface area (Å²) in [6.07, 6.45) is 3.25. The van der Waals surface area contributed by atoms with Crippen LogP contribution in [0.4, 0.5) is 20.2 Å². The van der Waals surface area contributed by atoms with Gasteiger partial charge in [-0.25, -0.2) is 13.8 Å². The fourth-order valence-corrected chi connectivity index (χ4v) is 4.31. The number of likely N-dealkylation sites (tertiary alicyclic amines) is 1. The van der Waals surface area contributed by atoms with Gasteiger partial charge in [0.2, 0.25) is 5.96 Å². The molecule has 0 saturated carbocycles. The maximum absolute atomic E-state index is 13.9. The van der Waals surface area contributed by atoms with E-state index in [1.807, 2.05) is 32.0 Å². The minimum absolute atomic E-state index is 0.259. The largest absolute Gasteiger partial charge is 0.340 e. The lowest BCUT2D eigenvalue weighted by Gasteiger charge is -2.34. The molecule has 1 unspecified atom stereocenters. The summed E-state index contributed by atoms with van der Waals surface area (Å²) >= 11 is 0. The number of anilines is 1. The first-order valence-electron chi connectivity index (χ1n) is 11.7. The molecule has 1 atom stereocenters. The van der Waals surface area contributed by atoms with Crippen molar-refractivity contribution in [3.8, 4) is 0 Å². The summed E-state index contributed by atoms with van der Waals surface area (Å²) in [6, 6.07) is 18.8. The Morgan fingerprint density at radius 1 is 0.912 bits per heavy atom. The highest BCUT2D eigenvalue weighted by Gasteiger charge is 2.23. The minimum Gasteiger partial charge on any atom is -0.340 e. The van der Waals surface area contributed by atoms with Gasteiger partial charge < -0.3 is 10.2 Å². The van der Waals surface area contributed by atoms with Gasteiger partial charge in [0.05, 0.1) is 5.69 Å². The summed E-state index contributed by atoms with van der Waals surface area (Å²) in [7, 11) is 0. The lowest BCUT2D eigenvalue weighted by atomic mass is 10.0. The van der Waals surface area contributed by atoms with Crippen LogP contribution in [0.2, 0.25) is 0 Å². The van der Waals surface area contributed by atoms with Crippen molar-refractivity contribution in [2.24, 2.45) is 9.98 Å². The zero-order valence-corrected chi connectivity index (χ0v) is 19.9. The van der Waals surface area contributed by atoms with E-state index in [-0.39, 0.29) is 17.7 Å². The van der Waals surface area contributed by atoms with Gasteiger partial charge in [0.15, 0.2) is 0 Å². The van der Waals surface area contributed by atoms with Gasteiger partial charge in [-0.2, -0.15) is 4.99 Å². The average Bonchev–Trinajstić information content (AvgIpc) is 2.80. The second-order valence-electron chi connectivity index (χ2n) is 8.79. The molecule has 176 valence electrons. The second-order valence-corrected chi connectivity index (χ2v) is 8.79. The fraction of sp³-hybridized carbons (Fsp3) is 0.286. The van der Waals surface area contributed by atoms with E-state index in [2.05, 4.69) is 17.1 Å². The molecule has 3 aromatic carbocycles. The van der Waals surface area contributed by atoms with Crippen LogP contribution in [-0.2, 0) is 0 Å². The first-order chi connectivity index (χ1) is 16.4. The zero-order valence-electron chi connectivity index (χ0n) is 19.9. The monoisotopic (exact) mass is 460 g/mol. The second kappa shape index (κ2) is 10.6. The highest BCUT2D eigenvalue weighted by atomic mass is 19.1. The molecule has 0 spiro atoms. The van der Waals surface area contributed by atoms with Gasteiger partial charge in [0.1, 0.15) is 17.5 Å². The number of aryl methyl sites for hydroxylation is 2. The van der Waals surface area contributed by atoms with Gasteiger partial charge in [-0.05, 0) is 93.6 Å². The van der Waals surface area contributed by atoms with E-state index in [4.69, 9.17) is 9.98 Å². The van der Waals surface area contributed by atoms with Crippen molar-refractivity contribution in [3.05, 3.63) is 95.1 Å². The molecular formula is C28H30F2N4. The van der Waals surface area contributed by atoms with Crippen LogP contribution in [0.5, 0.6) is 0 Å². The molecule has 0 aromatic heterocycles. The molecule has 1 aliphatic heterocycles. The summed E-state index contributed by atoms with van der Waals surface area (Å²) in [5, 5.41) is 3.39. The number of hydrogen-bond donors (Lipinski definition) is 1. The predicted molar refractivity (Wildman–Crippen MR) is 136 cm³/mol. The van der Waals surface area contributed by atoms with Crippen molar-refractivity contribution in [2.45, 2.75) is 46.1 Å². The summed E-state index contributed by atoms with van der Waals surface area (Å²) < 4.78 is 27.5. The lowest BCUT2D eigenvalue weighted by molar-refractivity contribution is 0.256. The Balaban J connectivity index is 1.86. The summed E-state index contributed by atoms with van der Waals surface area (Å²) in [6.45, 7) is 7.07. The third-order valence-electron chi connectivity index (χ3n) is 6.13. The van der Waals surface area contributed by atoms with E-state index in [9.17, 15) is 8.78 Å². The topological polar surface area (TPSA) is 40.0 Å². The molecule has 4 nitrogen and oxygen atoms in total. The number of benzene rings is 3. The number of hydrogen-bond acceptors (Lipinski definition) is 1. The molecule has 3 aromatic rings. The van der Waals surface area contributed by atoms with E-state index in [0.29, 0.717) is 17.5 Å². The van der Waals surface area contributed by atoms with Gasteiger partial charge in [-0.3, -0.25) is 0 Å². The fourth-order valence-electron chi connectivity index (χ4n) is 4.31. The van der Waals surface area contributed by atoms with Crippen molar-refractivity contribution < 1.29 is 8.78 Å². The smallest absolute Gasteiger partial charge is 0.228 e. The van der Waals surface area contributed by atoms with Crippen LogP contribution in [0.3, 0.4) is 0 Å². The number of piperidine rings is 1. The third-order valence-corrected chi connectivity index (χ3v) is 6.13. The van der Waals surface area contributed by atoms with E-state index in [0.717, 1.165) is 48.2 Å². The zero-order chi connectivity index (χ0) is 24.1. The van der Waals surface area contributed by atoms with Crippen LogP contribution in [0.1, 0.15) is 42.9 Å². The van der Waals surface area contributed by atoms with Gasteiger partial charge in [-0.15, -0.1) is 0 Å². The van der Waals surface area contributed by atoms with Crippen LogP contribution >= 0.6 is 0 Å². The predicted octanol–water partition coefficient (Wildman–Crippen LogP) is 7.00. The SMILES string of the molecule is Cc1cccc(C)c1/C(=N\C(=N\c1cccc(F)c1)N1CCCCC1C)Nc1ccc(F)cc1. The normalized spacial score (nSPS) is 17.1. The number of guanidine groups is 1. The lowest BCUT2D eigenvalue weighted by Crippen LogP contribution is -2.42. The highest BCUT2D eigenvalue weighted by molar-refractivity contribution is 6.14. The number of rotatable bonds is 3. The molecule has 1 saturated heterocycles. The molecule has 1 aliphatic rings. The first kappa shape index (κ1) is 23.6. The number of amidine groups is 1. The number of nitrogens with zero attached hydrogens (tertiary/aromatic N) is 3. The van der Waals surface area contributed by atoms with Crippen molar-refractivity contribution in [1.82, 2.24) is 4.90 Å². The maximum Gasteiger partial charge on any atom is 0.228 e. The van der Waals surface area contributed by atoms with E-state index < -0.39 is 0 Å². The van der Waals surface area contributed by atoms with E-state index in [1.165, 1.54) is 24.3 Å². The van der Waals surface area contributed by atoms with Gasteiger partial charge in [-0.1, -0.05) is 24.3 Å². The summed E-state index contributed by atoms with van der Waals surface area (Å²) in [5.74, 6) is 0.516. The van der Waals surface area contributed by atoms with Gasteiger partial charge in [0.25, 0.3) is 0 Å². The van der Waals surface area contributed by atoms with Gasteiger partial charge >= 0.3 is 0 Å². The minimum atomic E-state index is -0.337. The molecule has 0 bridgehead atoms. The van der Waals surface area contributed by atoms with E-state index in [1.54, 1.807) is 24.3 Å². The molecule has 4 rings (SSSR count). The third kappa shape index (κ3) is 5.68. The molecule has 6 heteroatoms. The highest BCUT2D eigenvalue weighted by Crippen LogP contribution is 2.23. The molecule has 34 heavy (non-hydrogen) atoms. The van der Waals surface area contributed by atoms with Crippen LogP contribution in [0.25, 0.3) is 0 Å². The quantitative estimate of drug-likeness (QED) is 0.338. The molecule has 0 radical (unpaired) electrons. The Bertz CT molecular complexity index is 1180. The van der Waals surface area contributed by atoms with Crippen molar-refractivity contribution >= 4 is 23.2 Å². The molecular weight excluding hydrogens is 430 g/mol. The van der Waals surface area contributed by atoms with Crippen LogP contribution < -0.4 is 5.32 Å². The number of halogens is 2. The van der Waals surface area contributed by atoms with Crippen LogP contribution in [-0.4, -0.2) is 29.3 Å². The summed E-state index contributed by atoms with van der Waals surface area (Å²) in [5.41, 5.74) is 4.32. The molecule has 0 amide bonds. The molecule has 1 heterocycles. The molecule has 1 fully saturated rings. The average molecular weight is 461 g/mol. The van der Waals surface area contributed by atoms with Crippen molar-refractivity contribution in [3.63, 3.8) is 0 Å². The van der Waals surface area contributed by atoms with Gasteiger partial charge in [0, 0.05) is 23.8 Å². The first-order valence-corrected chi connectivity index (χ1v) is 11.7.